The first kappa shape index (κ1) is 13.9. The third-order valence-corrected chi connectivity index (χ3v) is 3.88. The van der Waals surface area contributed by atoms with Crippen LogP contribution in [0.25, 0.3) is 10.9 Å². The third kappa shape index (κ3) is 3.00. The quantitative estimate of drug-likeness (QED) is 0.694. The van der Waals surface area contributed by atoms with E-state index in [4.69, 9.17) is 9.47 Å². The van der Waals surface area contributed by atoms with E-state index in [-0.39, 0.29) is 0 Å². The van der Waals surface area contributed by atoms with Gasteiger partial charge in [-0.1, -0.05) is 18.2 Å². The van der Waals surface area contributed by atoms with Crippen molar-refractivity contribution < 1.29 is 9.47 Å². The summed E-state index contributed by atoms with van der Waals surface area (Å²) < 4.78 is 12.0. The maximum absolute atomic E-state index is 5.90. The van der Waals surface area contributed by atoms with E-state index in [2.05, 4.69) is 27.0 Å². The van der Waals surface area contributed by atoms with E-state index < -0.39 is 0 Å². The highest BCUT2D eigenvalue weighted by molar-refractivity contribution is 9.10. The summed E-state index contributed by atoms with van der Waals surface area (Å²) in [6, 6.07) is 15.7. The number of halogens is 1. The Morgan fingerprint density at radius 1 is 1.10 bits per heavy atom. The molecule has 0 radical (unpaired) electrons. The van der Waals surface area contributed by atoms with E-state index in [1.165, 1.54) is 0 Å². The normalized spacial score (nSPS) is 10.6. The van der Waals surface area contributed by atoms with Gasteiger partial charge in [-0.25, -0.2) is 0 Å². The number of nitrogens with zero attached hydrogens (tertiary/aromatic N) is 1. The van der Waals surface area contributed by atoms with Crippen LogP contribution in [0.2, 0.25) is 0 Å². The summed E-state index contributed by atoms with van der Waals surface area (Å²) in [5.74, 6) is 1.58. The molecule has 4 heteroatoms. The minimum absolute atomic E-state index is 0.494. The molecule has 3 aromatic rings. The van der Waals surface area contributed by atoms with Gasteiger partial charge in [-0.15, -0.1) is 0 Å². The topological polar surface area (TPSA) is 31.4 Å². The molecular formula is C17H14BrNO2. The van der Waals surface area contributed by atoms with Gasteiger partial charge in [0, 0.05) is 17.1 Å². The maximum atomic E-state index is 5.90. The van der Waals surface area contributed by atoms with Gasteiger partial charge in [-0.3, -0.25) is 4.98 Å². The molecule has 0 unspecified atom stereocenters. The minimum atomic E-state index is 0.494. The number of para-hydroxylation sites is 1. The first-order valence-electron chi connectivity index (χ1n) is 6.57. The van der Waals surface area contributed by atoms with Crippen LogP contribution in [0.3, 0.4) is 0 Å². The summed E-state index contributed by atoms with van der Waals surface area (Å²) in [6.07, 6.45) is 1.81. The van der Waals surface area contributed by atoms with Crippen LogP contribution < -0.4 is 9.47 Å². The van der Waals surface area contributed by atoms with Gasteiger partial charge in [0.2, 0.25) is 0 Å². The van der Waals surface area contributed by atoms with Gasteiger partial charge in [-0.2, -0.15) is 0 Å². The molecule has 21 heavy (non-hydrogen) atoms. The van der Waals surface area contributed by atoms with Crippen molar-refractivity contribution in [3.8, 4) is 11.5 Å². The Labute approximate surface area is 131 Å². The molecule has 0 spiro atoms. The Kier molecular flexibility index (Phi) is 4.06. The highest BCUT2D eigenvalue weighted by Gasteiger charge is 2.06. The van der Waals surface area contributed by atoms with E-state index in [1.54, 1.807) is 7.11 Å². The SMILES string of the molecule is COc1ccc(OCc2ccnc3ccccc23)c(Br)c1. The summed E-state index contributed by atoms with van der Waals surface area (Å²) in [7, 11) is 1.64. The first-order valence-corrected chi connectivity index (χ1v) is 7.36. The third-order valence-electron chi connectivity index (χ3n) is 3.26. The fourth-order valence-electron chi connectivity index (χ4n) is 2.16. The van der Waals surface area contributed by atoms with Crippen molar-refractivity contribution in [3.05, 3.63) is 64.8 Å². The van der Waals surface area contributed by atoms with Gasteiger partial charge in [-0.05, 0) is 46.3 Å². The molecule has 1 heterocycles. The van der Waals surface area contributed by atoms with Gasteiger partial charge < -0.3 is 9.47 Å². The van der Waals surface area contributed by atoms with Gasteiger partial charge in [0.1, 0.15) is 18.1 Å². The molecule has 0 fully saturated rings. The minimum Gasteiger partial charge on any atom is -0.497 e. The van der Waals surface area contributed by atoms with Crippen molar-refractivity contribution in [2.75, 3.05) is 7.11 Å². The van der Waals surface area contributed by atoms with Gasteiger partial charge in [0.05, 0.1) is 17.1 Å². The largest absolute Gasteiger partial charge is 0.497 e. The molecule has 0 saturated heterocycles. The van der Waals surface area contributed by atoms with E-state index in [0.717, 1.165) is 32.4 Å². The number of hydrogen-bond acceptors (Lipinski definition) is 3. The van der Waals surface area contributed by atoms with Crippen LogP contribution in [0, 0.1) is 0 Å². The number of methoxy groups -OCH3 is 1. The Bertz CT molecular complexity index is 768. The molecular weight excluding hydrogens is 330 g/mol. The Morgan fingerprint density at radius 3 is 2.76 bits per heavy atom. The van der Waals surface area contributed by atoms with E-state index in [1.807, 2.05) is 48.7 Å². The summed E-state index contributed by atoms with van der Waals surface area (Å²) in [6.45, 7) is 0.494. The fourth-order valence-corrected chi connectivity index (χ4v) is 2.63. The lowest BCUT2D eigenvalue weighted by Crippen LogP contribution is -1.98. The van der Waals surface area contributed by atoms with Crippen molar-refractivity contribution in [2.45, 2.75) is 6.61 Å². The molecule has 0 aliphatic rings. The van der Waals surface area contributed by atoms with Crippen molar-refractivity contribution in [1.29, 1.82) is 0 Å². The summed E-state index contributed by atoms with van der Waals surface area (Å²) in [4.78, 5) is 4.36. The van der Waals surface area contributed by atoms with Crippen LogP contribution in [0.5, 0.6) is 11.5 Å². The summed E-state index contributed by atoms with van der Waals surface area (Å²) >= 11 is 3.49. The lowest BCUT2D eigenvalue weighted by molar-refractivity contribution is 0.305. The molecule has 0 amide bonds. The molecule has 0 atom stereocenters. The van der Waals surface area contributed by atoms with E-state index in [9.17, 15) is 0 Å². The average Bonchev–Trinajstić information content (AvgIpc) is 2.53. The molecule has 106 valence electrons. The summed E-state index contributed by atoms with van der Waals surface area (Å²) in [5.41, 5.74) is 2.09. The van der Waals surface area contributed by atoms with Crippen LogP contribution >= 0.6 is 15.9 Å². The number of ether oxygens (including phenoxy) is 2. The zero-order valence-corrected chi connectivity index (χ0v) is 13.1. The van der Waals surface area contributed by atoms with Gasteiger partial charge >= 0.3 is 0 Å². The number of pyridine rings is 1. The average molecular weight is 344 g/mol. The number of aromatic nitrogens is 1. The van der Waals surface area contributed by atoms with Crippen LogP contribution in [0.15, 0.2) is 59.2 Å². The van der Waals surface area contributed by atoms with E-state index in [0.29, 0.717) is 6.61 Å². The Hall–Kier alpha value is -2.07. The molecule has 0 saturated carbocycles. The predicted octanol–water partition coefficient (Wildman–Crippen LogP) is 4.58. The van der Waals surface area contributed by atoms with Crippen LogP contribution in [0.1, 0.15) is 5.56 Å². The van der Waals surface area contributed by atoms with E-state index >= 15 is 0 Å². The highest BCUT2D eigenvalue weighted by Crippen LogP contribution is 2.30. The standard InChI is InChI=1S/C17H14BrNO2/c1-20-13-6-7-17(15(18)10-13)21-11-12-8-9-19-16-5-3-2-4-14(12)16/h2-10H,11H2,1H3. The molecule has 0 aliphatic heterocycles. The van der Waals surface area contributed by atoms with Crippen molar-refractivity contribution in [3.63, 3.8) is 0 Å². The smallest absolute Gasteiger partial charge is 0.134 e. The monoisotopic (exact) mass is 343 g/mol. The number of fused-ring (bicyclic) bond motifs is 1. The Morgan fingerprint density at radius 2 is 1.95 bits per heavy atom. The molecule has 0 aliphatic carbocycles. The number of benzene rings is 2. The molecule has 2 aromatic carbocycles. The molecule has 0 N–H and O–H groups in total. The molecule has 3 rings (SSSR count). The van der Waals surface area contributed by atoms with Crippen LogP contribution in [-0.4, -0.2) is 12.1 Å². The van der Waals surface area contributed by atoms with Gasteiger partial charge in [0.25, 0.3) is 0 Å². The summed E-state index contributed by atoms with van der Waals surface area (Å²) in [5, 5.41) is 1.12. The van der Waals surface area contributed by atoms with Crippen LogP contribution in [0.4, 0.5) is 0 Å². The number of hydrogen-bond donors (Lipinski definition) is 0. The first-order chi connectivity index (χ1) is 10.3. The zero-order valence-electron chi connectivity index (χ0n) is 11.5. The second-order valence-electron chi connectivity index (χ2n) is 4.57. The lowest BCUT2D eigenvalue weighted by Gasteiger charge is -2.11. The van der Waals surface area contributed by atoms with Crippen molar-refractivity contribution in [1.82, 2.24) is 4.98 Å². The van der Waals surface area contributed by atoms with Crippen molar-refractivity contribution in [2.24, 2.45) is 0 Å². The Balaban J connectivity index is 1.84. The second kappa shape index (κ2) is 6.14. The molecule has 0 bridgehead atoms. The fraction of sp³-hybridized carbons (Fsp3) is 0.118. The highest BCUT2D eigenvalue weighted by atomic mass is 79.9. The second-order valence-corrected chi connectivity index (χ2v) is 5.43. The van der Waals surface area contributed by atoms with Gasteiger partial charge in [0.15, 0.2) is 0 Å². The number of rotatable bonds is 4. The molecule has 1 aromatic heterocycles. The van der Waals surface area contributed by atoms with Crippen molar-refractivity contribution >= 4 is 26.8 Å². The lowest BCUT2D eigenvalue weighted by atomic mass is 10.1. The maximum Gasteiger partial charge on any atom is 0.134 e. The van der Waals surface area contributed by atoms with Crippen LogP contribution in [-0.2, 0) is 6.61 Å². The zero-order chi connectivity index (χ0) is 14.7. The predicted molar refractivity (Wildman–Crippen MR) is 86.8 cm³/mol. The molecule has 3 nitrogen and oxygen atoms in total.